The van der Waals surface area contributed by atoms with Crippen molar-refractivity contribution in [3.63, 3.8) is 0 Å². The molecular weight excluding hydrogens is 542 g/mol. The predicted octanol–water partition coefficient (Wildman–Crippen LogP) is 0.473. The molecule has 2 aromatic rings. The van der Waals surface area contributed by atoms with Crippen molar-refractivity contribution in [2.75, 3.05) is 6.54 Å². The number of carbonyl (C=O) groups excluding carboxylic acids is 5. The number of nitrogens with zero attached hydrogens (tertiary/aromatic N) is 1. The normalized spacial score (nSPS) is 14.2. The van der Waals surface area contributed by atoms with Crippen LogP contribution in [-0.4, -0.2) is 71.7 Å². The summed E-state index contributed by atoms with van der Waals surface area (Å²) < 4.78 is 5.33. The molecular formula is C29H38N7O6. The number of ether oxygens (including phenoxy) is 1. The Bertz CT molecular complexity index is 1210. The van der Waals surface area contributed by atoms with E-state index in [2.05, 4.69) is 16.0 Å². The number of benzene rings is 2. The van der Waals surface area contributed by atoms with E-state index in [-0.39, 0.29) is 38.4 Å². The molecule has 0 spiro atoms. The molecule has 1 radical (unpaired) electrons. The maximum Gasteiger partial charge on any atom is 0.409 e. The van der Waals surface area contributed by atoms with Crippen LogP contribution in [0.25, 0.3) is 0 Å². The number of aldehydes is 1. The molecule has 225 valence electrons. The zero-order valence-electron chi connectivity index (χ0n) is 23.7. The van der Waals surface area contributed by atoms with Crippen molar-refractivity contribution in [3.05, 3.63) is 71.8 Å². The molecule has 0 aliphatic carbocycles. The summed E-state index contributed by atoms with van der Waals surface area (Å²) in [4.78, 5) is 65.7. The molecule has 2 unspecified atom stereocenters. The molecule has 0 fully saturated rings. The Morgan fingerprint density at radius 1 is 1.10 bits per heavy atom. The van der Waals surface area contributed by atoms with Gasteiger partial charge in [-0.15, -0.1) is 0 Å². The van der Waals surface area contributed by atoms with Gasteiger partial charge in [-0.3, -0.25) is 30.0 Å². The number of hydrogen-bond donors (Lipinski definition) is 6. The van der Waals surface area contributed by atoms with Crippen LogP contribution in [0.2, 0.25) is 0 Å². The highest BCUT2D eigenvalue weighted by Gasteiger charge is 2.51. The van der Waals surface area contributed by atoms with Crippen LogP contribution in [0.15, 0.2) is 60.7 Å². The van der Waals surface area contributed by atoms with Crippen molar-refractivity contribution in [2.24, 2.45) is 11.5 Å². The Labute approximate surface area is 244 Å². The Morgan fingerprint density at radius 3 is 2.21 bits per heavy atom. The number of amides is 3. The van der Waals surface area contributed by atoms with Crippen LogP contribution in [0.4, 0.5) is 4.79 Å². The van der Waals surface area contributed by atoms with Gasteiger partial charge in [0, 0.05) is 13.0 Å². The van der Waals surface area contributed by atoms with E-state index < -0.39 is 41.7 Å². The summed E-state index contributed by atoms with van der Waals surface area (Å²) in [6.45, 7) is 2.80. The highest BCUT2D eigenvalue weighted by atomic mass is 16.5. The summed E-state index contributed by atoms with van der Waals surface area (Å²) in [6.07, 6.45) is 0.992. The minimum absolute atomic E-state index is 0.0186. The fourth-order valence-electron chi connectivity index (χ4n) is 4.24. The lowest BCUT2D eigenvalue weighted by Gasteiger charge is -2.46. The van der Waals surface area contributed by atoms with Gasteiger partial charge in [0.05, 0.1) is 12.1 Å². The van der Waals surface area contributed by atoms with E-state index in [1.165, 1.54) is 6.92 Å². The molecule has 2 rings (SSSR count). The number of hydrogen-bond acceptors (Lipinski definition) is 8. The fourth-order valence-corrected chi connectivity index (χ4v) is 4.24. The Balaban J connectivity index is 2.59. The second-order valence-electron chi connectivity index (χ2n) is 9.53. The zero-order valence-corrected chi connectivity index (χ0v) is 23.7. The predicted molar refractivity (Wildman–Crippen MR) is 155 cm³/mol. The lowest BCUT2D eigenvalue weighted by molar-refractivity contribution is -0.146. The second-order valence-corrected chi connectivity index (χ2v) is 9.53. The number of guanidine groups is 1. The van der Waals surface area contributed by atoms with Gasteiger partial charge in [-0.05, 0) is 30.9 Å². The number of carbonyl (C=O) groups is 4. The van der Waals surface area contributed by atoms with Gasteiger partial charge < -0.3 is 31.6 Å². The Kier molecular flexibility index (Phi) is 13.1. The SMILES string of the molecule is CCC(=O)N[C@H](C)C(=O)N(C(C=O)Cc1ccccc1)[C@]([C]=O)(NC(=O)OCc1ccccc1)C(N)CCNC(=N)N. The van der Waals surface area contributed by atoms with Crippen molar-refractivity contribution in [1.29, 1.82) is 5.41 Å². The molecule has 0 aromatic heterocycles. The molecule has 3 amide bonds. The lowest BCUT2D eigenvalue weighted by Crippen LogP contribution is -2.76. The van der Waals surface area contributed by atoms with Gasteiger partial charge in [0.2, 0.25) is 17.5 Å². The highest BCUT2D eigenvalue weighted by molar-refractivity contribution is 5.93. The van der Waals surface area contributed by atoms with Crippen LogP contribution >= 0.6 is 0 Å². The first-order valence-corrected chi connectivity index (χ1v) is 13.4. The van der Waals surface area contributed by atoms with Crippen LogP contribution in [-0.2, 0) is 36.9 Å². The summed E-state index contributed by atoms with van der Waals surface area (Å²) in [5.41, 5.74) is 10.7. The Hall–Kier alpha value is -4.78. The third-order valence-corrected chi connectivity index (χ3v) is 6.43. The molecule has 0 aliphatic heterocycles. The van der Waals surface area contributed by atoms with Crippen molar-refractivity contribution < 1.29 is 28.7 Å². The van der Waals surface area contributed by atoms with Crippen molar-refractivity contribution in [1.82, 2.24) is 20.9 Å². The molecule has 0 bridgehead atoms. The molecule has 0 saturated carbocycles. The average Bonchev–Trinajstić information content (AvgIpc) is 2.99. The summed E-state index contributed by atoms with van der Waals surface area (Å²) in [5, 5.41) is 14.9. The standard InChI is InChI=1S/C29H38N7O6/c1-3-25(39)34-20(2)26(40)36(23(17-37)16-21-10-6-4-7-11-21)29(19-38,24(30)14-15-33-27(31)32)35-28(41)42-18-22-12-8-5-9-13-22/h4-13,17,20,23-24H,3,14-16,18,30H2,1-2H3,(H,34,39)(H,35,41)(H4,31,32,33)/t20-,23?,24?,29+/m1/s1. The number of alkyl carbamates (subject to hydrolysis) is 1. The van der Waals surface area contributed by atoms with Crippen molar-refractivity contribution in [3.8, 4) is 0 Å². The quantitative estimate of drug-likeness (QED) is 0.0704. The van der Waals surface area contributed by atoms with Crippen molar-refractivity contribution >= 4 is 36.4 Å². The van der Waals surface area contributed by atoms with E-state index in [4.69, 9.17) is 21.6 Å². The van der Waals surface area contributed by atoms with E-state index in [0.29, 0.717) is 17.4 Å². The Morgan fingerprint density at radius 2 is 1.69 bits per heavy atom. The molecule has 0 aliphatic rings. The van der Waals surface area contributed by atoms with Crippen LogP contribution in [0.5, 0.6) is 0 Å². The summed E-state index contributed by atoms with van der Waals surface area (Å²) in [6, 6.07) is 13.5. The molecule has 42 heavy (non-hydrogen) atoms. The zero-order chi connectivity index (χ0) is 31.1. The van der Waals surface area contributed by atoms with E-state index in [1.54, 1.807) is 73.9 Å². The fraction of sp³-hybridized carbons (Fsp3) is 0.379. The largest absolute Gasteiger partial charge is 0.445 e. The number of rotatable bonds is 16. The van der Waals surface area contributed by atoms with E-state index in [9.17, 15) is 24.0 Å². The first-order chi connectivity index (χ1) is 20.1. The van der Waals surface area contributed by atoms with Gasteiger partial charge in [0.25, 0.3) is 6.29 Å². The second kappa shape index (κ2) is 16.5. The van der Waals surface area contributed by atoms with Crippen molar-refractivity contribution in [2.45, 2.75) is 63.5 Å². The number of nitrogens with one attached hydrogen (secondary N) is 4. The molecule has 0 saturated heterocycles. The van der Waals surface area contributed by atoms with Crippen LogP contribution in [0, 0.1) is 5.41 Å². The first kappa shape index (κ1) is 33.4. The van der Waals surface area contributed by atoms with Gasteiger partial charge in [-0.25, -0.2) is 4.79 Å². The molecule has 2 aromatic carbocycles. The third-order valence-electron chi connectivity index (χ3n) is 6.43. The smallest absolute Gasteiger partial charge is 0.409 e. The van der Waals surface area contributed by atoms with Crippen LogP contribution in [0.3, 0.4) is 0 Å². The topological polar surface area (TPSA) is 210 Å². The van der Waals surface area contributed by atoms with Gasteiger partial charge >= 0.3 is 6.09 Å². The van der Waals surface area contributed by atoms with E-state index in [0.717, 1.165) is 4.90 Å². The summed E-state index contributed by atoms with van der Waals surface area (Å²) >= 11 is 0. The maximum atomic E-state index is 14.0. The molecule has 13 heteroatoms. The van der Waals surface area contributed by atoms with Crippen LogP contribution < -0.4 is 27.4 Å². The minimum atomic E-state index is -2.44. The summed E-state index contributed by atoms with van der Waals surface area (Å²) in [7, 11) is 0. The average molecular weight is 581 g/mol. The maximum absolute atomic E-state index is 14.0. The van der Waals surface area contributed by atoms with E-state index in [1.807, 2.05) is 0 Å². The molecule has 8 N–H and O–H groups in total. The molecule has 13 nitrogen and oxygen atoms in total. The number of nitrogens with two attached hydrogens (primary N) is 2. The summed E-state index contributed by atoms with van der Waals surface area (Å²) in [5.74, 6) is -1.68. The third kappa shape index (κ3) is 9.41. The lowest BCUT2D eigenvalue weighted by atomic mass is 9.92. The minimum Gasteiger partial charge on any atom is -0.445 e. The van der Waals surface area contributed by atoms with Gasteiger partial charge in [-0.2, -0.15) is 0 Å². The van der Waals surface area contributed by atoms with Gasteiger partial charge in [0.15, 0.2) is 5.96 Å². The molecule has 0 heterocycles. The van der Waals surface area contributed by atoms with E-state index >= 15 is 0 Å². The van der Waals surface area contributed by atoms with Gasteiger partial charge in [-0.1, -0.05) is 67.6 Å². The molecule has 4 atom stereocenters. The van der Waals surface area contributed by atoms with Gasteiger partial charge in [0.1, 0.15) is 18.9 Å². The van der Waals surface area contributed by atoms with Crippen LogP contribution in [0.1, 0.15) is 37.8 Å². The first-order valence-electron chi connectivity index (χ1n) is 13.4. The monoisotopic (exact) mass is 580 g/mol. The highest BCUT2D eigenvalue weighted by Crippen LogP contribution is 2.23.